The number of nitrogens with one attached hydrogen (secondary N) is 1. The zero-order valence-electron chi connectivity index (χ0n) is 16.7. The Kier molecular flexibility index (Phi) is 6.07. The summed E-state index contributed by atoms with van der Waals surface area (Å²) in [5.74, 6) is -1.16. The molecule has 2 aromatic carbocycles. The van der Waals surface area contributed by atoms with Gasteiger partial charge in [-0.3, -0.25) is 30.0 Å². The third-order valence-electron chi connectivity index (χ3n) is 4.57. The average Bonchev–Trinajstić information content (AvgIpc) is 2.77. The molecule has 2 amide bonds. The van der Waals surface area contributed by atoms with Gasteiger partial charge in [-0.15, -0.1) is 0 Å². The molecule has 0 fully saturated rings. The van der Waals surface area contributed by atoms with Crippen LogP contribution in [0.2, 0.25) is 0 Å². The third kappa shape index (κ3) is 4.40. The minimum atomic E-state index is -0.727. The molecule has 0 unspecified atom stereocenters. The van der Waals surface area contributed by atoms with E-state index in [0.29, 0.717) is 0 Å². The van der Waals surface area contributed by atoms with Gasteiger partial charge in [-0.1, -0.05) is 30.3 Å². The molecule has 0 saturated heterocycles. The normalized spacial score (nSPS) is 15.1. The molecule has 1 aliphatic heterocycles. The van der Waals surface area contributed by atoms with Gasteiger partial charge in [-0.05, 0) is 24.6 Å². The number of ether oxygens (including phenoxy) is 1. The third-order valence-corrected chi connectivity index (χ3v) is 4.57. The summed E-state index contributed by atoms with van der Waals surface area (Å²) in [4.78, 5) is 36.0. The Morgan fingerprint density at radius 1 is 1.19 bits per heavy atom. The van der Waals surface area contributed by atoms with Crippen LogP contribution in [-0.2, 0) is 16.2 Å². The maximum atomic E-state index is 12.4. The highest BCUT2D eigenvalue weighted by molar-refractivity contribution is 6.50. The van der Waals surface area contributed by atoms with Crippen LogP contribution in [-0.4, -0.2) is 34.4 Å². The van der Waals surface area contributed by atoms with Crippen molar-refractivity contribution in [1.29, 1.82) is 5.26 Å². The zero-order chi connectivity index (χ0) is 22.5. The number of nitrogens with zero attached hydrogens (tertiary/aromatic N) is 4. The number of anilines is 1. The fourth-order valence-corrected chi connectivity index (χ4v) is 2.83. The van der Waals surface area contributed by atoms with Crippen molar-refractivity contribution >= 4 is 28.9 Å². The van der Waals surface area contributed by atoms with E-state index in [9.17, 15) is 25.0 Å². The lowest BCUT2D eigenvalue weighted by molar-refractivity contribution is -0.384. The van der Waals surface area contributed by atoms with Crippen LogP contribution < -0.4 is 10.2 Å². The van der Waals surface area contributed by atoms with Crippen molar-refractivity contribution in [2.45, 2.75) is 13.5 Å². The quantitative estimate of drug-likeness (QED) is 0.431. The molecule has 0 atom stereocenters. The Morgan fingerprint density at radius 2 is 1.90 bits per heavy atom. The van der Waals surface area contributed by atoms with Gasteiger partial charge in [0.2, 0.25) is 0 Å². The first kappa shape index (κ1) is 21.2. The average molecular weight is 419 g/mol. The molecule has 0 saturated carbocycles. The van der Waals surface area contributed by atoms with Crippen molar-refractivity contribution < 1.29 is 19.2 Å². The number of benzene rings is 2. The van der Waals surface area contributed by atoms with Gasteiger partial charge in [0.05, 0.1) is 11.0 Å². The molecule has 10 nitrogen and oxygen atoms in total. The van der Waals surface area contributed by atoms with Gasteiger partial charge in [-0.2, -0.15) is 10.4 Å². The lowest BCUT2D eigenvalue weighted by atomic mass is 10.00. The summed E-state index contributed by atoms with van der Waals surface area (Å²) in [5, 5.41) is 24.6. The SMILES string of the molecule is CC1=C(C#N)C(=O)N(C)C(=O)/C1=N\Nc1ccc(OCc2ccccc2)cc1[N+](=O)[O-]. The van der Waals surface area contributed by atoms with Crippen molar-refractivity contribution in [3.05, 3.63) is 75.4 Å². The van der Waals surface area contributed by atoms with Crippen LogP contribution in [0.25, 0.3) is 0 Å². The molecule has 10 heteroatoms. The lowest BCUT2D eigenvalue weighted by Gasteiger charge is -2.22. The van der Waals surface area contributed by atoms with Gasteiger partial charge in [-0.25, -0.2) is 0 Å². The molecular formula is C21H17N5O5. The molecule has 31 heavy (non-hydrogen) atoms. The predicted octanol–water partition coefficient (Wildman–Crippen LogP) is 2.78. The van der Waals surface area contributed by atoms with Crippen molar-refractivity contribution in [2.24, 2.45) is 5.10 Å². The number of carbonyl (C=O) groups is 2. The van der Waals surface area contributed by atoms with E-state index < -0.39 is 16.7 Å². The van der Waals surface area contributed by atoms with Gasteiger partial charge in [0.15, 0.2) is 5.71 Å². The summed E-state index contributed by atoms with van der Waals surface area (Å²) in [6, 6.07) is 15.3. The molecule has 0 aromatic heterocycles. The van der Waals surface area contributed by atoms with Crippen LogP contribution >= 0.6 is 0 Å². The van der Waals surface area contributed by atoms with E-state index >= 15 is 0 Å². The number of hydrogen-bond donors (Lipinski definition) is 1. The molecule has 1 heterocycles. The number of nitro groups is 1. The largest absolute Gasteiger partial charge is 0.489 e. The fourth-order valence-electron chi connectivity index (χ4n) is 2.83. The van der Waals surface area contributed by atoms with Gasteiger partial charge in [0.25, 0.3) is 17.5 Å². The number of carbonyl (C=O) groups excluding carboxylic acids is 2. The molecule has 0 radical (unpaired) electrons. The van der Waals surface area contributed by atoms with Gasteiger partial charge in [0, 0.05) is 12.6 Å². The summed E-state index contributed by atoms with van der Waals surface area (Å²) in [5.41, 5.74) is 2.79. The molecule has 0 spiro atoms. The van der Waals surface area contributed by atoms with Crippen LogP contribution in [0.5, 0.6) is 5.75 Å². The van der Waals surface area contributed by atoms with E-state index in [1.54, 1.807) is 6.07 Å². The van der Waals surface area contributed by atoms with Crippen LogP contribution in [0.15, 0.2) is 64.8 Å². The summed E-state index contributed by atoms with van der Waals surface area (Å²) >= 11 is 0. The van der Waals surface area contributed by atoms with Gasteiger partial charge >= 0.3 is 0 Å². The molecule has 0 aliphatic carbocycles. The number of nitro benzene ring substituents is 1. The molecule has 2 aromatic rings. The molecule has 0 bridgehead atoms. The van der Waals surface area contributed by atoms with Crippen LogP contribution in [0.3, 0.4) is 0 Å². The topological polar surface area (TPSA) is 138 Å². The van der Waals surface area contributed by atoms with Crippen molar-refractivity contribution in [2.75, 3.05) is 12.5 Å². The van der Waals surface area contributed by atoms with Crippen LogP contribution in [0, 0.1) is 21.4 Å². The first-order chi connectivity index (χ1) is 14.8. The van der Waals surface area contributed by atoms with Crippen LogP contribution in [0.4, 0.5) is 11.4 Å². The Morgan fingerprint density at radius 3 is 2.55 bits per heavy atom. The second-order valence-electron chi connectivity index (χ2n) is 6.56. The number of nitriles is 1. The molecule has 1 N–H and O–H groups in total. The van der Waals surface area contributed by atoms with E-state index in [1.807, 2.05) is 30.3 Å². The van der Waals surface area contributed by atoms with E-state index in [4.69, 9.17) is 4.74 Å². The summed E-state index contributed by atoms with van der Waals surface area (Å²) in [6.45, 7) is 1.65. The Bertz CT molecular complexity index is 1160. The monoisotopic (exact) mass is 419 g/mol. The highest BCUT2D eigenvalue weighted by atomic mass is 16.6. The molecule has 3 rings (SSSR count). The highest BCUT2D eigenvalue weighted by Gasteiger charge is 2.34. The summed E-state index contributed by atoms with van der Waals surface area (Å²) < 4.78 is 5.61. The van der Waals surface area contributed by atoms with E-state index in [-0.39, 0.29) is 40.6 Å². The van der Waals surface area contributed by atoms with E-state index in [0.717, 1.165) is 10.5 Å². The Balaban J connectivity index is 1.86. The Labute approximate surface area is 177 Å². The zero-order valence-corrected chi connectivity index (χ0v) is 16.7. The van der Waals surface area contributed by atoms with Gasteiger partial charge < -0.3 is 4.74 Å². The van der Waals surface area contributed by atoms with Crippen molar-refractivity contribution in [1.82, 2.24) is 4.90 Å². The second-order valence-corrected chi connectivity index (χ2v) is 6.56. The first-order valence-electron chi connectivity index (χ1n) is 9.06. The molecule has 1 aliphatic rings. The maximum absolute atomic E-state index is 12.4. The standard InChI is InChI=1S/C21H17N5O5/c1-13-16(11-22)20(27)25(2)21(28)19(13)24-23-17-9-8-15(10-18(17)26(29)30)31-12-14-6-4-3-5-7-14/h3-10,23H,12H2,1-2H3/b24-19-. The number of likely N-dealkylation sites (N-methyl/N-ethyl adjacent to an activating group) is 1. The number of imide groups is 1. The summed E-state index contributed by atoms with van der Waals surface area (Å²) in [7, 11) is 1.23. The van der Waals surface area contributed by atoms with E-state index in [1.165, 1.54) is 32.2 Å². The fraction of sp³-hybridized carbons (Fsp3) is 0.143. The first-order valence-corrected chi connectivity index (χ1v) is 9.06. The number of hydrazone groups is 1. The van der Waals surface area contributed by atoms with Crippen LogP contribution in [0.1, 0.15) is 12.5 Å². The Hall–Kier alpha value is -4.52. The van der Waals surface area contributed by atoms with Gasteiger partial charge in [0.1, 0.15) is 29.7 Å². The lowest BCUT2D eigenvalue weighted by Crippen LogP contribution is -2.44. The van der Waals surface area contributed by atoms with E-state index in [2.05, 4.69) is 10.5 Å². The van der Waals surface area contributed by atoms with Crippen molar-refractivity contribution in [3.8, 4) is 11.8 Å². The second kappa shape index (κ2) is 8.87. The number of rotatable bonds is 6. The minimum absolute atomic E-state index is 0.0169. The number of hydrogen-bond acceptors (Lipinski definition) is 8. The minimum Gasteiger partial charge on any atom is -0.489 e. The number of amides is 2. The highest BCUT2D eigenvalue weighted by Crippen LogP contribution is 2.30. The smallest absolute Gasteiger partial charge is 0.297 e. The predicted molar refractivity (Wildman–Crippen MR) is 111 cm³/mol. The van der Waals surface area contributed by atoms with Crippen molar-refractivity contribution in [3.63, 3.8) is 0 Å². The molecular weight excluding hydrogens is 402 g/mol. The summed E-state index contributed by atoms with van der Waals surface area (Å²) in [6.07, 6.45) is 0. The molecule has 156 valence electrons. The maximum Gasteiger partial charge on any atom is 0.297 e.